The van der Waals surface area contributed by atoms with E-state index in [0.29, 0.717) is 31.1 Å². The molecular formula is C19H22N2O3. The lowest BCUT2D eigenvalue weighted by molar-refractivity contribution is 0.171. The number of oxime groups is 1. The van der Waals surface area contributed by atoms with E-state index in [-0.39, 0.29) is 0 Å². The molecule has 0 atom stereocenters. The molecule has 5 heteroatoms. The highest BCUT2D eigenvalue weighted by Crippen LogP contribution is 2.31. The van der Waals surface area contributed by atoms with Gasteiger partial charge in [0.05, 0.1) is 5.71 Å². The largest absolute Gasteiger partial charge is 0.486 e. The number of benzene rings is 2. The summed E-state index contributed by atoms with van der Waals surface area (Å²) in [6.07, 6.45) is 1.46. The van der Waals surface area contributed by atoms with E-state index in [1.54, 1.807) is 0 Å². The van der Waals surface area contributed by atoms with Gasteiger partial charge in [0, 0.05) is 25.3 Å². The summed E-state index contributed by atoms with van der Waals surface area (Å²) in [5.74, 6) is 1.44. The molecule has 0 saturated heterocycles. The smallest absolute Gasteiger partial charge is 0.162 e. The minimum absolute atomic E-state index is 0.542. The molecular weight excluding hydrogens is 304 g/mol. The van der Waals surface area contributed by atoms with E-state index in [1.807, 2.05) is 32.3 Å². The highest BCUT2D eigenvalue weighted by Gasteiger charge is 2.14. The first kappa shape index (κ1) is 16.2. The molecule has 1 heterocycles. The summed E-state index contributed by atoms with van der Waals surface area (Å²) in [7, 11) is 4.04. The van der Waals surface area contributed by atoms with Gasteiger partial charge in [-0.15, -0.1) is 0 Å². The number of anilines is 1. The van der Waals surface area contributed by atoms with Crippen LogP contribution in [0.25, 0.3) is 0 Å². The van der Waals surface area contributed by atoms with Crippen molar-refractivity contribution in [1.29, 1.82) is 0 Å². The molecule has 1 aliphatic heterocycles. The van der Waals surface area contributed by atoms with Crippen LogP contribution in [-0.4, -0.2) is 38.2 Å². The topological polar surface area (TPSA) is 54.3 Å². The molecule has 3 rings (SSSR count). The molecule has 0 fully saturated rings. The highest BCUT2D eigenvalue weighted by atomic mass is 16.6. The van der Waals surface area contributed by atoms with Crippen LogP contribution in [0, 0.1) is 0 Å². The quantitative estimate of drug-likeness (QED) is 0.520. The van der Waals surface area contributed by atoms with E-state index in [9.17, 15) is 5.21 Å². The number of aryl methyl sites for hydroxylation is 1. The number of fused-ring (bicyclic) bond motifs is 1. The fourth-order valence-electron chi connectivity index (χ4n) is 2.70. The zero-order chi connectivity index (χ0) is 16.9. The Morgan fingerprint density at radius 1 is 1.04 bits per heavy atom. The van der Waals surface area contributed by atoms with Crippen molar-refractivity contribution in [2.75, 3.05) is 32.2 Å². The molecule has 0 saturated carbocycles. The molecule has 0 unspecified atom stereocenters. The number of nitrogens with zero attached hydrogens (tertiary/aromatic N) is 2. The van der Waals surface area contributed by atoms with Crippen molar-refractivity contribution in [3.63, 3.8) is 0 Å². The summed E-state index contributed by atoms with van der Waals surface area (Å²) in [4.78, 5) is 2.07. The van der Waals surface area contributed by atoms with E-state index < -0.39 is 0 Å². The second-order valence-electron chi connectivity index (χ2n) is 5.97. The van der Waals surface area contributed by atoms with Crippen LogP contribution < -0.4 is 14.4 Å². The summed E-state index contributed by atoms with van der Waals surface area (Å²) in [6, 6.07) is 14.0. The Hall–Kier alpha value is -2.69. The van der Waals surface area contributed by atoms with Gasteiger partial charge in [-0.05, 0) is 48.7 Å². The maximum atomic E-state index is 9.39. The van der Waals surface area contributed by atoms with Crippen LogP contribution in [0.4, 0.5) is 5.69 Å². The molecule has 1 aliphatic rings. The van der Waals surface area contributed by atoms with Crippen molar-refractivity contribution in [2.24, 2.45) is 5.16 Å². The zero-order valence-electron chi connectivity index (χ0n) is 14.0. The summed E-state index contributed by atoms with van der Waals surface area (Å²) in [5, 5.41) is 12.9. The van der Waals surface area contributed by atoms with Crippen LogP contribution in [0.1, 0.15) is 17.5 Å². The van der Waals surface area contributed by atoms with Crippen molar-refractivity contribution in [3.05, 3.63) is 53.6 Å². The van der Waals surface area contributed by atoms with Gasteiger partial charge in [-0.1, -0.05) is 17.3 Å². The standard InChI is InChI=1S/C19H22N2O3/c1-21(2)16-7-3-14(4-8-16)5-9-17(20-22)15-6-10-18-19(13-15)24-12-11-23-18/h3-4,6-8,10,13,22H,5,9,11-12H2,1-2H3. The van der Waals surface area contributed by atoms with E-state index in [4.69, 9.17) is 9.47 Å². The molecule has 1 N–H and O–H groups in total. The Morgan fingerprint density at radius 2 is 1.75 bits per heavy atom. The predicted molar refractivity (Wildman–Crippen MR) is 94.8 cm³/mol. The average molecular weight is 326 g/mol. The number of hydrogen-bond donors (Lipinski definition) is 1. The van der Waals surface area contributed by atoms with Gasteiger partial charge in [-0.25, -0.2) is 0 Å². The van der Waals surface area contributed by atoms with Crippen molar-refractivity contribution < 1.29 is 14.7 Å². The zero-order valence-corrected chi connectivity index (χ0v) is 14.0. The third-order valence-corrected chi connectivity index (χ3v) is 4.10. The third kappa shape index (κ3) is 3.62. The van der Waals surface area contributed by atoms with Gasteiger partial charge in [-0.3, -0.25) is 0 Å². The molecule has 0 amide bonds. The maximum absolute atomic E-state index is 9.39. The first-order valence-corrected chi connectivity index (χ1v) is 8.04. The van der Waals surface area contributed by atoms with Gasteiger partial charge in [0.1, 0.15) is 13.2 Å². The lowest BCUT2D eigenvalue weighted by Gasteiger charge is -2.19. The van der Waals surface area contributed by atoms with Crippen molar-refractivity contribution in [2.45, 2.75) is 12.8 Å². The van der Waals surface area contributed by atoms with Crippen LogP contribution in [-0.2, 0) is 6.42 Å². The Labute approximate surface area is 142 Å². The summed E-state index contributed by atoms with van der Waals surface area (Å²) < 4.78 is 11.1. The Balaban J connectivity index is 1.69. The number of ether oxygens (including phenoxy) is 2. The van der Waals surface area contributed by atoms with E-state index in [1.165, 1.54) is 11.3 Å². The van der Waals surface area contributed by atoms with Crippen LogP contribution in [0.2, 0.25) is 0 Å². The van der Waals surface area contributed by atoms with Crippen molar-refractivity contribution >= 4 is 11.4 Å². The lowest BCUT2D eigenvalue weighted by Crippen LogP contribution is -2.16. The molecule has 0 aromatic heterocycles. The van der Waals surface area contributed by atoms with Gasteiger partial charge in [-0.2, -0.15) is 0 Å². The molecule has 126 valence electrons. The molecule has 2 aromatic carbocycles. The highest BCUT2D eigenvalue weighted by molar-refractivity contribution is 6.00. The fourth-order valence-corrected chi connectivity index (χ4v) is 2.70. The summed E-state index contributed by atoms with van der Waals surface area (Å²) >= 11 is 0. The molecule has 0 radical (unpaired) electrons. The van der Waals surface area contributed by atoms with Gasteiger partial charge in [0.25, 0.3) is 0 Å². The van der Waals surface area contributed by atoms with Gasteiger partial charge in [0.15, 0.2) is 11.5 Å². The molecule has 5 nitrogen and oxygen atoms in total. The second kappa shape index (κ2) is 7.25. The van der Waals surface area contributed by atoms with Crippen LogP contribution in [0.5, 0.6) is 11.5 Å². The molecule has 0 spiro atoms. The first-order chi connectivity index (χ1) is 11.7. The third-order valence-electron chi connectivity index (χ3n) is 4.10. The Kier molecular flexibility index (Phi) is 4.89. The van der Waals surface area contributed by atoms with Crippen LogP contribution in [0.3, 0.4) is 0 Å². The maximum Gasteiger partial charge on any atom is 0.162 e. The first-order valence-electron chi connectivity index (χ1n) is 8.04. The number of rotatable bonds is 5. The predicted octanol–water partition coefficient (Wildman–Crippen LogP) is 3.33. The minimum atomic E-state index is 0.542. The molecule has 0 bridgehead atoms. The average Bonchev–Trinajstić information content (AvgIpc) is 2.62. The van der Waals surface area contributed by atoms with Crippen molar-refractivity contribution in [3.8, 4) is 11.5 Å². The van der Waals surface area contributed by atoms with E-state index >= 15 is 0 Å². The van der Waals surface area contributed by atoms with Crippen molar-refractivity contribution in [1.82, 2.24) is 0 Å². The Bertz CT molecular complexity index is 724. The molecule has 24 heavy (non-hydrogen) atoms. The molecule has 2 aromatic rings. The second-order valence-corrected chi connectivity index (χ2v) is 5.97. The number of hydrogen-bond acceptors (Lipinski definition) is 5. The summed E-state index contributed by atoms with van der Waals surface area (Å²) in [5.41, 5.74) is 3.87. The van der Waals surface area contributed by atoms with Crippen LogP contribution >= 0.6 is 0 Å². The molecule has 0 aliphatic carbocycles. The monoisotopic (exact) mass is 326 g/mol. The SMILES string of the molecule is CN(C)c1ccc(CCC(=NO)c2ccc3c(c2)OCCO3)cc1. The lowest BCUT2D eigenvalue weighted by atomic mass is 10.0. The van der Waals surface area contributed by atoms with Gasteiger partial charge >= 0.3 is 0 Å². The normalized spacial score (nSPS) is 13.7. The van der Waals surface area contributed by atoms with Gasteiger partial charge in [0.2, 0.25) is 0 Å². The van der Waals surface area contributed by atoms with E-state index in [2.05, 4.69) is 34.3 Å². The summed E-state index contributed by atoms with van der Waals surface area (Å²) in [6.45, 7) is 1.11. The Morgan fingerprint density at radius 3 is 2.42 bits per heavy atom. The van der Waals surface area contributed by atoms with Gasteiger partial charge < -0.3 is 19.6 Å². The van der Waals surface area contributed by atoms with Crippen LogP contribution in [0.15, 0.2) is 47.6 Å². The fraction of sp³-hybridized carbons (Fsp3) is 0.316. The van der Waals surface area contributed by atoms with E-state index in [0.717, 1.165) is 17.7 Å². The minimum Gasteiger partial charge on any atom is -0.486 e.